The third-order valence-electron chi connectivity index (χ3n) is 3.91. The molecular formula is C18H19N3O4. The number of carbonyl (C=O) groups is 1. The minimum absolute atomic E-state index is 0.0314. The van der Waals surface area contributed by atoms with Gasteiger partial charge in [0.2, 0.25) is 5.88 Å². The number of ether oxygens (including phenoxy) is 2. The molecule has 0 radical (unpaired) electrons. The highest BCUT2D eigenvalue weighted by molar-refractivity contribution is 5.74. The maximum atomic E-state index is 12.6. The van der Waals surface area contributed by atoms with Crippen LogP contribution in [0.1, 0.15) is 24.9 Å². The van der Waals surface area contributed by atoms with Crippen molar-refractivity contribution in [1.82, 2.24) is 14.5 Å². The molecule has 130 valence electrons. The smallest absolute Gasteiger partial charge is 0.328 e. The van der Waals surface area contributed by atoms with Crippen molar-refractivity contribution in [3.8, 4) is 5.88 Å². The molecule has 0 unspecified atom stereocenters. The number of H-pyrrole nitrogens is 1. The number of rotatable bonds is 6. The monoisotopic (exact) mass is 341 g/mol. The van der Waals surface area contributed by atoms with Gasteiger partial charge in [-0.1, -0.05) is 30.3 Å². The number of hydrogen-bond acceptors (Lipinski definition) is 5. The lowest BCUT2D eigenvalue weighted by Crippen LogP contribution is -2.26. The summed E-state index contributed by atoms with van der Waals surface area (Å²) in [4.78, 5) is 31.8. The summed E-state index contributed by atoms with van der Waals surface area (Å²) < 4.78 is 11.7. The van der Waals surface area contributed by atoms with Gasteiger partial charge in [0.25, 0.3) is 0 Å². The summed E-state index contributed by atoms with van der Waals surface area (Å²) >= 11 is 0. The molecule has 0 saturated carbocycles. The van der Waals surface area contributed by atoms with Gasteiger partial charge in [0.1, 0.15) is 0 Å². The van der Waals surface area contributed by atoms with E-state index in [1.807, 2.05) is 30.3 Å². The first-order valence-electron chi connectivity index (χ1n) is 7.99. The zero-order valence-corrected chi connectivity index (χ0v) is 14.1. The number of aromatic amines is 1. The van der Waals surface area contributed by atoms with Crippen LogP contribution in [0.15, 0.2) is 47.3 Å². The summed E-state index contributed by atoms with van der Waals surface area (Å²) in [7, 11) is 1.51. The van der Waals surface area contributed by atoms with Crippen molar-refractivity contribution < 1.29 is 14.3 Å². The van der Waals surface area contributed by atoms with Crippen molar-refractivity contribution in [3.05, 3.63) is 58.5 Å². The molecule has 2 heterocycles. The molecule has 0 bridgehead atoms. The summed E-state index contributed by atoms with van der Waals surface area (Å²) in [5.74, 6) is 0.0173. The maximum absolute atomic E-state index is 12.6. The first-order chi connectivity index (χ1) is 12.1. The van der Waals surface area contributed by atoms with Gasteiger partial charge in [-0.25, -0.2) is 4.79 Å². The molecule has 0 spiro atoms. The summed E-state index contributed by atoms with van der Waals surface area (Å²) in [5, 5.41) is 0. The third-order valence-corrected chi connectivity index (χ3v) is 3.91. The molecule has 25 heavy (non-hydrogen) atoms. The van der Waals surface area contributed by atoms with E-state index < -0.39 is 6.04 Å². The van der Waals surface area contributed by atoms with Crippen molar-refractivity contribution in [3.63, 3.8) is 0 Å². The summed E-state index contributed by atoms with van der Waals surface area (Å²) in [6.07, 6.45) is 0.0314. The van der Waals surface area contributed by atoms with E-state index in [1.54, 1.807) is 19.1 Å². The molecule has 0 amide bonds. The highest BCUT2D eigenvalue weighted by atomic mass is 16.5. The van der Waals surface area contributed by atoms with Crippen LogP contribution < -0.4 is 10.4 Å². The predicted molar refractivity (Wildman–Crippen MR) is 92.7 cm³/mol. The molecule has 2 aromatic heterocycles. The van der Waals surface area contributed by atoms with Gasteiger partial charge in [-0.2, -0.15) is 4.98 Å². The number of hydrogen-bond donors (Lipinski definition) is 1. The van der Waals surface area contributed by atoms with E-state index in [2.05, 4.69) is 9.97 Å². The van der Waals surface area contributed by atoms with Crippen LogP contribution in [-0.4, -0.2) is 34.2 Å². The van der Waals surface area contributed by atoms with E-state index in [-0.39, 0.29) is 24.7 Å². The molecule has 3 aromatic rings. The molecule has 0 aliphatic heterocycles. The van der Waals surface area contributed by atoms with Gasteiger partial charge in [0, 0.05) is 6.07 Å². The van der Waals surface area contributed by atoms with Crippen molar-refractivity contribution in [2.45, 2.75) is 19.4 Å². The van der Waals surface area contributed by atoms with Gasteiger partial charge >= 0.3 is 11.7 Å². The van der Waals surface area contributed by atoms with Crippen LogP contribution in [0.2, 0.25) is 0 Å². The van der Waals surface area contributed by atoms with E-state index in [4.69, 9.17) is 9.47 Å². The molecule has 0 saturated heterocycles. The van der Waals surface area contributed by atoms with E-state index in [0.29, 0.717) is 17.0 Å². The lowest BCUT2D eigenvalue weighted by Gasteiger charge is -2.18. The second-order valence-corrected chi connectivity index (χ2v) is 5.46. The van der Waals surface area contributed by atoms with E-state index in [0.717, 1.165) is 5.56 Å². The molecule has 1 atom stereocenters. The second-order valence-electron chi connectivity index (χ2n) is 5.46. The predicted octanol–water partition coefficient (Wildman–Crippen LogP) is 2.28. The Labute approximate surface area is 144 Å². The highest BCUT2D eigenvalue weighted by Gasteiger charge is 2.24. The maximum Gasteiger partial charge on any atom is 0.328 e. The molecular weight excluding hydrogens is 322 g/mol. The lowest BCUT2D eigenvalue weighted by molar-refractivity contribution is -0.143. The fraction of sp³-hybridized carbons (Fsp3) is 0.278. The summed E-state index contributed by atoms with van der Waals surface area (Å²) in [6.45, 7) is 2.04. The number of fused-ring (bicyclic) bond motifs is 1. The average Bonchev–Trinajstić information content (AvgIpc) is 2.95. The molecule has 0 aliphatic carbocycles. The zero-order chi connectivity index (χ0) is 17.8. The van der Waals surface area contributed by atoms with Crippen LogP contribution in [-0.2, 0) is 9.53 Å². The minimum Gasteiger partial charge on any atom is -0.481 e. The molecule has 0 aliphatic rings. The number of nitrogens with zero attached hydrogens (tertiary/aromatic N) is 2. The number of imidazole rings is 1. The van der Waals surface area contributed by atoms with Gasteiger partial charge in [0.05, 0.1) is 31.7 Å². The molecule has 1 aromatic carbocycles. The number of pyridine rings is 1. The van der Waals surface area contributed by atoms with Crippen LogP contribution in [0.3, 0.4) is 0 Å². The molecule has 1 N–H and O–H groups in total. The number of aromatic nitrogens is 3. The van der Waals surface area contributed by atoms with Crippen LogP contribution in [0.25, 0.3) is 11.2 Å². The van der Waals surface area contributed by atoms with Crippen LogP contribution in [0, 0.1) is 0 Å². The Hall–Kier alpha value is -3.09. The van der Waals surface area contributed by atoms with Crippen molar-refractivity contribution in [1.29, 1.82) is 0 Å². The van der Waals surface area contributed by atoms with E-state index in [1.165, 1.54) is 11.7 Å². The van der Waals surface area contributed by atoms with Crippen LogP contribution in [0.4, 0.5) is 0 Å². The Morgan fingerprint density at radius 1 is 1.24 bits per heavy atom. The Morgan fingerprint density at radius 3 is 2.68 bits per heavy atom. The average molecular weight is 341 g/mol. The van der Waals surface area contributed by atoms with Gasteiger partial charge in [0.15, 0.2) is 5.65 Å². The molecule has 7 nitrogen and oxygen atoms in total. The van der Waals surface area contributed by atoms with Crippen LogP contribution in [0.5, 0.6) is 5.88 Å². The number of nitrogens with one attached hydrogen (secondary N) is 1. The van der Waals surface area contributed by atoms with E-state index >= 15 is 0 Å². The largest absolute Gasteiger partial charge is 0.481 e. The topological polar surface area (TPSA) is 86.2 Å². The minimum atomic E-state index is -0.527. The standard InChI is InChI=1S/C18H19N3O4/c1-3-25-16(22)11-14(12-7-5-4-6-8-12)21-17-13(19-18(21)23)9-10-15(20-17)24-2/h4-10,14H,3,11H2,1-2H3,(H,19,23)/t14-/m1/s1. The molecule has 3 rings (SSSR count). The fourth-order valence-electron chi connectivity index (χ4n) is 2.80. The molecule has 0 fully saturated rings. The third kappa shape index (κ3) is 3.40. The van der Waals surface area contributed by atoms with Crippen molar-refractivity contribution in [2.24, 2.45) is 0 Å². The summed E-state index contributed by atoms with van der Waals surface area (Å²) in [6, 6.07) is 12.2. The fourth-order valence-corrected chi connectivity index (χ4v) is 2.80. The number of methoxy groups -OCH3 is 1. The quantitative estimate of drug-likeness (QED) is 0.695. The lowest BCUT2D eigenvalue weighted by atomic mass is 10.0. The Morgan fingerprint density at radius 2 is 2.00 bits per heavy atom. The number of esters is 1. The van der Waals surface area contributed by atoms with Gasteiger partial charge in [-0.15, -0.1) is 0 Å². The van der Waals surface area contributed by atoms with Crippen molar-refractivity contribution >= 4 is 17.1 Å². The van der Waals surface area contributed by atoms with Gasteiger partial charge < -0.3 is 14.5 Å². The second kappa shape index (κ2) is 7.21. The number of carbonyl (C=O) groups excluding carboxylic acids is 1. The van der Waals surface area contributed by atoms with E-state index in [9.17, 15) is 9.59 Å². The molecule has 7 heteroatoms. The Bertz CT molecular complexity index is 930. The zero-order valence-electron chi connectivity index (χ0n) is 14.1. The first-order valence-corrected chi connectivity index (χ1v) is 7.99. The highest BCUT2D eigenvalue weighted by Crippen LogP contribution is 2.25. The summed E-state index contributed by atoms with van der Waals surface area (Å²) in [5.41, 5.74) is 1.50. The van der Waals surface area contributed by atoms with Gasteiger partial charge in [-0.3, -0.25) is 9.36 Å². The first kappa shape index (κ1) is 16.8. The van der Waals surface area contributed by atoms with Gasteiger partial charge in [-0.05, 0) is 18.6 Å². The Kier molecular flexibility index (Phi) is 4.83. The normalized spacial score (nSPS) is 12.1. The number of benzene rings is 1. The van der Waals surface area contributed by atoms with Crippen molar-refractivity contribution in [2.75, 3.05) is 13.7 Å². The SMILES string of the molecule is CCOC(=O)C[C@H](c1ccccc1)n1c(=O)[nH]c2ccc(OC)nc21. The van der Waals surface area contributed by atoms with Crippen LogP contribution >= 0.6 is 0 Å². The Balaban J connectivity index is 2.15.